The number of imide groups is 1. The fourth-order valence-corrected chi connectivity index (χ4v) is 2.27. The van der Waals surface area contributed by atoms with Crippen molar-refractivity contribution in [2.75, 3.05) is 5.73 Å². The van der Waals surface area contributed by atoms with Crippen molar-refractivity contribution in [1.82, 2.24) is 9.88 Å². The number of aromatic nitrogens is 1. The molecule has 0 saturated heterocycles. The SMILES string of the molecule is Nc1c2c(cc(=O)n1-c1ccc([N+](=O)[O-])cc1)C(=O)NC2=O. The summed E-state index contributed by atoms with van der Waals surface area (Å²) in [5.41, 5.74) is 5.16. The third-order valence-electron chi connectivity index (χ3n) is 3.27. The van der Waals surface area contributed by atoms with Crippen LogP contribution in [0.1, 0.15) is 20.7 Å². The number of nitro benzene ring substituents is 1. The second-order valence-electron chi connectivity index (χ2n) is 4.55. The summed E-state index contributed by atoms with van der Waals surface area (Å²) in [6, 6.07) is 6.08. The maximum absolute atomic E-state index is 12.1. The zero-order valence-corrected chi connectivity index (χ0v) is 10.9. The minimum atomic E-state index is -0.687. The molecular formula is C13H8N4O5. The summed E-state index contributed by atoms with van der Waals surface area (Å²) in [7, 11) is 0. The number of nitro groups is 1. The Hall–Kier alpha value is -3.49. The van der Waals surface area contributed by atoms with E-state index in [4.69, 9.17) is 5.73 Å². The molecule has 22 heavy (non-hydrogen) atoms. The Kier molecular flexibility index (Phi) is 2.77. The van der Waals surface area contributed by atoms with Crippen LogP contribution in [-0.4, -0.2) is 21.3 Å². The highest BCUT2D eigenvalue weighted by atomic mass is 16.6. The van der Waals surface area contributed by atoms with E-state index >= 15 is 0 Å². The molecule has 0 atom stereocenters. The molecule has 3 rings (SSSR count). The van der Waals surface area contributed by atoms with Crippen molar-refractivity contribution in [2.24, 2.45) is 0 Å². The lowest BCUT2D eigenvalue weighted by atomic mass is 10.1. The number of benzene rings is 1. The molecule has 0 spiro atoms. The first-order chi connectivity index (χ1) is 10.4. The van der Waals surface area contributed by atoms with Crippen LogP contribution in [0, 0.1) is 10.1 Å². The number of carbonyl (C=O) groups excluding carboxylic acids is 2. The van der Waals surface area contributed by atoms with E-state index in [1.807, 2.05) is 0 Å². The lowest BCUT2D eigenvalue weighted by molar-refractivity contribution is -0.384. The Bertz CT molecular complexity index is 898. The Morgan fingerprint density at radius 1 is 1.09 bits per heavy atom. The highest BCUT2D eigenvalue weighted by molar-refractivity contribution is 6.23. The van der Waals surface area contributed by atoms with Crippen LogP contribution in [-0.2, 0) is 0 Å². The topological polar surface area (TPSA) is 137 Å². The molecule has 9 heteroatoms. The lowest BCUT2D eigenvalue weighted by Gasteiger charge is -2.11. The molecule has 110 valence electrons. The van der Waals surface area contributed by atoms with Crippen LogP contribution in [0.4, 0.5) is 11.5 Å². The zero-order chi connectivity index (χ0) is 16.0. The second kappa shape index (κ2) is 4.52. The predicted molar refractivity (Wildman–Crippen MR) is 74.9 cm³/mol. The van der Waals surface area contributed by atoms with Crippen molar-refractivity contribution >= 4 is 23.3 Å². The molecule has 2 aromatic rings. The Morgan fingerprint density at radius 3 is 2.32 bits per heavy atom. The molecule has 1 aliphatic heterocycles. The van der Waals surface area contributed by atoms with Gasteiger partial charge in [0.2, 0.25) is 0 Å². The van der Waals surface area contributed by atoms with E-state index in [-0.39, 0.29) is 28.3 Å². The largest absolute Gasteiger partial charge is 0.384 e. The monoisotopic (exact) mass is 300 g/mol. The van der Waals surface area contributed by atoms with Gasteiger partial charge < -0.3 is 5.73 Å². The minimum absolute atomic E-state index is 0.0781. The summed E-state index contributed by atoms with van der Waals surface area (Å²) in [4.78, 5) is 45.4. The Balaban J connectivity index is 2.22. The number of fused-ring (bicyclic) bond motifs is 1. The number of anilines is 1. The standard InChI is InChI=1S/C13H8N4O5/c14-11-10-8(12(19)15-13(10)20)5-9(18)16(11)6-1-3-7(4-2-6)17(21)22/h1-5H,14H2,(H,15,19,20). The van der Waals surface area contributed by atoms with Crippen LogP contribution < -0.4 is 16.6 Å². The van der Waals surface area contributed by atoms with Crippen LogP contribution in [0.25, 0.3) is 5.69 Å². The molecule has 0 aliphatic carbocycles. The number of nitrogens with two attached hydrogens (primary N) is 1. The Morgan fingerprint density at radius 2 is 1.73 bits per heavy atom. The van der Waals surface area contributed by atoms with Crippen molar-refractivity contribution in [3.05, 3.63) is 61.9 Å². The molecule has 9 nitrogen and oxygen atoms in total. The third-order valence-corrected chi connectivity index (χ3v) is 3.27. The number of nitrogens with one attached hydrogen (secondary N) is 1. The molecule has 1 aromatic heterocycles. The van der Waals surface area contributed by atoms with Gasteiger partial charge in [-0.2, -0.15) is 0 Å². The van der Waals surface area contributed by atoms with E-state index in [2.05, 4.69) is 5.32 Å². The number of carbonyl (C=O) groups is 2. The molecule has 1 aromatic carbocycles. The summed E-state index contributed by atoms with van der Waals surface area (Å²) >= 11 is 0. The van der Waals surface area contributed by atoms with Gasteiger partial charge in [0.25, 0.3) is 23.1 Å². The molecule has 0 fully saturated rings. The van der Waals surface area contributed by atoms with Crippen molar-refractivity contribution in [3.63, 3.8) is 0 Å². The third kappa shape index (κ3) is 1.84. The first kappa shape index (κ1) is 13.5. The Labute approximate surface area is 122 Å². The molecule has 1 aliphatic rings. The minimum Gasteiger partial charge on any atom is -0.384 e. The van der Waals surface area contributed by atoms with Crippen LogP contribution >= 0.6 is 0 Å². The zero-order valence-electron chi connectivity index (χ0n) is 10.9. The van der Waals surface area contributed by atoms with Crippen LogP contribution in [0.3, 0.4) is 0 Å². The highest BCUT2D eigenvalue weighted by Crippen LogP contribution is 2.23. The van der Waals surface area contributed by atoms with Gasteiger partial charge >= 0.3 is 0 Å². The molecule has 3 N–H and O–H groups in total. The predicted octanol–water partition coefficient (Wildman–Crippen LogP) is 0.211. The molecule has 2 amide bonds. The number of rotatable bonds is 2. The number of hydrogen-bond donors (Lipinski definition) is 2. The first-order valence-corrected chi connectivity index (χ1v) is 6.06. The quantitative estimate of drug-likeness (QED) is 0.462. The van der Waals surface area contributed by atoms with Crippen LogP contribution in [0.2, 0.25) is 0 Å². The number of hydrogen-bond acceptors (Lipinski definition) is 6. The van der Waals surface area contributed by atoms with Crippen molar-refractivity contribution in [2.45, 2.75) is 0 Å². The van der Waals surface area contributed by atoms with Crippen molar-refractivity contribution < 1.29 is 14.5 Å². The normalized spacial score (nSPS) is 12.9. The summed E-state index contributed by atoms with van der Waals surface area (Å²) in [5, 5.41) is 12.7. The molecule has 0 saturated carbocycles. The summed E-state index contributed by atoms with van der Waals surface area (Å²) in [6.07, 6.45) is 0. The van der Waals surface area contributed by atoms with E-state index in [0.717, 1.165) is 10.6 Å². The number of amides is 2. The average Bonchev–Trinajstić information content (AvgIpc) is 2.74. The number of nitrogens with zero attached hydrogens (tertiary/aromatic N) is 2. The maximum Gasteiger partial charge on any atom is 0.269 e. The van der Waals surface area contributed by atoms with Gasteiger partial charge in [0.1, 0.15) is 5.82 Å². The van der Waals surface area contributed by atoms with E-state index in [1.54, 1.807) is 0 Å². The van der Waals surface area contributed by atoms with Gasteiger partial charge in [-0.1, -0.05) is 0 Å². The van der Waals surface area contributed by atoms with Gasteiger partial charge in [-0.3, -0.25) is 34.4 Å². The summed E-state index contributed by atoms with van der Waals surface area (Å²) in [6.45, 7) is 0. The van der Waals surface area contributed by atoms with E-state index in [9.17, 15) is 24.5 Å². The van der Waals surface area contributed by atoms with Crippen molar-refractivity contribution in [1.29, 1.82) is 0 Å². The number of nitrogen functional groups attached to an aromatic ring is 1. The second-order valence-corrected chi connectivity index (χ2v) is 4.55. The molecule has 0 unspecified atom stereocenters. The fourth-order valence-electron chi connectivity index (χ4n) is 2.27. The molecule has 0 bridgehead atoms. The van der Waals surface area contributed by atoms with E-state index < -0.39 is 22.3 Å². The summed E-state index contributed by atoms with van der Waals surface area (Å²) in [5.74, 6) is -1.56. The fraction of sp³-hybridized carbons (Fsp3) is 0. The van der Waals surface area contributed by atoms with Crippen LogP contribution in [0.15, 0.2) is 35.1 Å². The smallest absolute Gasteiger partial charge is 0.269 e. The summed E-state index contributed by atoms with van der Waals surface area (Å²) < 4.78 is 1.01. The van der Waals surface area contributed by atoms with Gasteiger partial charge in [0.15, 0.2) is 0 Å². The maximum atomic E-state index is 12.1. The van der Waals surface area contributed by atoms with Gasteiger partial charge in [-0.05, 0) is 12.1 Å². The molecular weight excluding hydrogens is 292 g/mol. The van der Waals surface area contributed by atoms with Crippen molar-refractivity contribution in [3.8, 4) is 5.69 Å². The lowest BCUT2D eigenvalue weighted by Crippen LogP contribution is -2.24. The van der Waals surface area contributed by atoms with E-state index in [1.165, 1.54) is 24.3 Å². The number of non-ortho nitro benzene ring substituents is 1. The van der Waals surface area contributed by atoms with Gasteiger partial charge in [0, 0.05) is 18.2 Å². The van der Waals surface area contributed by atoms with Gasteiger partial charge in [-0.25, -0.2) is 0 Å². The van der Waals surface area contributed by atoms with Crippen LogP contribution in [0.5, 0.6) is 0 Å². The highest BCUT2D eigenvalue weighted by Gasteiger charge is 2.31. The average molecular weight is 300 g/mol. The molecule has 2 heterocycles. The molecule has 0 radical (unpaired) electrons. The van der Waals surface area contributed by atoms with E-state index in [0.29, 0.717) is 0 Å². The van der Waals surface area contributed by atoms with Gasteiger partial charge in [0.05, 0.1) is 21.7 Å². The number of pyridine rings is 1. The van der Waals surface area contributed by atoms with Gasteiger partial charge in [-0.15, -0.1) is 0 Å². The first-order valence-electron chi connectivity index (χ1n) is 6.06.